The number of fused-ring (bicyclic) bond motifs is 6. The maximum Gasteiger partial charge on any atom is 0.253 e. The van der Waals surface area contributed by atoms with Crippen molar-refractivity contribution in [3.63, 3.8) is 0 Å². The van der Waals surface area contributed by atoms with E-state index >= 15 is 9.59 Å². The molecule has 0 radical (unpaired) electrons. The average Bonchev–Trinajstić information content (AvgIpc) is 3.72. The summed E-state index contributed by atoms with van der Waals surface area (Å²) in [5, 5.41) is -0.813. The highest BCUT2D eigenvalue weighted by molar-refractivity contribution is 7.04. The van der Waals surface area contributed by atoms with Crippen LogP contribution in [0.1, 0.15) is 70.8 Å². The van der Waals surface area contributed by atoms with Gasteiger partial charge in [-0.3, -0.25) is 14.2 Å². The van der Waals surface area contributed by atoms with E-state index in [4.69, 9.17) is 0 Å². The number of carbonyl (C=O) groups is 2. The molecule has 3 aliphatic heterocycles. The fourth-order valence-corrected chi connectivity index (χ4v) is 19.2. The molecule has 3 aliphatic rings. The minimum atomic E-state index is -4.13. The number of carbonyl (C=O) groups excluding carboxylic acids is 2. The number of hydrogen-bond acceptors (Lipinski definition) is 2. The summed E-state index contributed by atoms with van der Waals surface area (Å²) in [4.78, 5) is 31.8. The molecule has 0 fully saturated rings. The summed E-state index contributed by atoms with van der Waals surface area (Å²) in [5.41, 5.74) is 13.2. The van der Waals surface area contributed by atoms with Crippen LogP contribution >= 0.6 is 0 Å². The van der Waals surface area contributed by atoms with E-state index in [9.17, 15) is 0 Å². The van der Waals surface area contributed by atoms with Crippen molar-refractivity contribution in [1.82, 2.24) is 4.57 Å². The second-order valence-electron chi connectivity index (χ2n) is 15.2. The number of aryl methyl sites for hydroxylation is 3. The lowest BCUT2D eigenvalue weighted by molar-refractivity contribution is 0.0747. The SMILES string of the molecule is Cc1cc(C)c([Si]2(N3C(=O)c4ccccc4C3=O)[C@]3(c4ccccc4)C(c4ccccc4)=C(c4ccccc4)[C@@]2(c2ccccc2)c2ccccc23)c(C)c1. The monoisotopic (exact) mass is 725 g/mol. The van der Waals surface area contributed by atoms with Gasteiger partial charge in [0.15, 0.2) is 0 Å². The Balaban J connectivity index is 1.58. The van der Waals surface area contributed by atoms with Gasteiger partial charge in [0.05, 0.1) is 21.2 Å². The van der Waals surface area contributed by atoms with E-state index in [1.54, 1.807) is 0 Å². The molecule has 2 amide bonds. The van der Waals surface area contributed by atoms with E-state index < -0.39 is 18.3 Å². The largest absolute Gasteiger partial charge is 0.296 e. The number of nitrogens with zero attached hydrogens (tertiary/aromatic N) is 1. The molecule has 0 aromatic heterocycles. The maximum absolute atomic E-state index is 15.9. The van der Waals surface area contributed by atoms with Crippen LogP contribution in [0.25, 0.3) is 11.1 Å². The molecule has 7 aromatic carbocycles. The van der Waals surface area contributed by atoms with Crippen LogP contribution in [0.2, 0.25) is 0 Å². The average molecular weight is 726 g/mol. The van der Waals surface area contributed by atoms with Gasteiger partial charge in [-0.25, -0.2) is 0 Å². The molecule has 1 unspecified atom stereocenters. The standard InChI is InChI=1S/C51H39NO2Si/c1-34-32-35(2)47(36(3)33-34)55(52-48(53)41-28-16-17-29-42(41)49(52)54)50(39-24-12-6-13-25-39)43-30-18-19-31-44(43)51(55,40-26-14-7-15-27-40)46(38-22-10-5-11-23-38)45(50)37-20-8-4-9-21-37/h4-33H,1-3H3/t50-,51+,55?. The normalized spacial score (nSPS) is 22.3. The van der Waals surface area contributed by atoms with Crippen molar-refractivity contribution in [2.75, 3.05) is 0 Å². The van der Waals surface area contributed by atoms with E-state index in [1.165, 1.54) is 0 Å². The number of imide groups is 1. The van der Waals surface area contributed by atoms with Crippen molar-refractivity contribution in [1.29, 1.82) is 0 Å². The summed E-state index contributed by atoms with van der Waals surface area (Å²) in [6.07, 6.45) is 0. The molecule has 0 N–H and O–H groups in total. The molecule has 10 rings (SSSR count). The van der Waals surface area contributed by atoms with Gasteiger partial charge in [0.25, 0.3) is 11.8 Å². The Kier molecular flexibility index (Phi) is 7.29. The summed E-state index contributed by atoms with van der Waals surface area (Å²) in [6, 6.07) is 63.9. The Morgan fingerprint density at radius 3 is 1.18 bits per heavy atom. The van der Waals surface area contributed by atoms with Crippen molar-refractivity contribution in [2.45, 2.75) is 30.8 Å². The van der Waals surface area contributed by atoms with Crippen molar-refractivity contribution < 1.29 is 9.59 Å². The third-order valence-electron chi connectivity index (χ3n) is 12.5. The number of allylic oxidation sites excluding steroid dienone is 2. The molecule has 0 spiro atoms. The van der Waals surface area contributed by atoms with E-state index in [0.29, 0.717) is 11.1 Å². The zero-order chi connectivity index (χ0) is 37.5. The quantitative estimate of drug-likeness (QED) is 0.126. The molecule has 0 saturated heterocycles. The van der Waals surface area contributed by atoms with E-state index in [2.05, 4.69) is 178 Å². The Labute approximate surface area is 323 Å². The van der Waals surface area contributed by atoms with Crippen LogP contribution in [0.15, 0.2) is 182 Å². The second-order valence-corrected chi connectivity index (χ2v) is 19.1. The van der Waals surface area contributed by atoms with Crippen LogP contribution in [-0.2, 0) is 10.1 Å². The van der Waals surface area contributed by atoms with Crippen molar-refractivity contribution in [3.05, 3.63) is 243 Å². The summed E-state index contributed by atoms with van der Waals surface area (Å²) in [7, 11) is -4.13. The van der Waals surface area contributed by atoms with Gasteiger partial charge in [-0.2, -0.15) is 0 Å². The first-order valence-electron chi connectivity index (χ1n) is 19.0. The molecule has 3 nitrogen and oxygen atoms in total. The lowest BCUT2D eigenvalue weighted by Crippen LogP contribution is -2.80. The van der Waals surface area contributed by atoms with Crippen molar-refractivity contribution >= 4 is 36.4 Å². The summed E-state index contributed by atoms with van der Waals surface area (Å²) >= 11 is 0. The van der Waals surface area contributed by atoms with Crippen LogP contribution in [0.5, 0.6) is 0 Å². The highest BCUT2D eigenvalue weighted by Gasteiger charge is 2.85. The van der Waals surface area contributed by atoms with Gasteiger partial charge in [0, 0.05) is 0 Å². The van der Waals surface area contributed by atoms with Crippen LogP contribution in [0, 0.1) is 20.8 Å². The fourth-order valence-electron chi connectivity index (χ4n) is 11.2. The molecule has 0 saturated carbocycles. The molecule has 55 heavy (non-hydrogen) atoms. The summed E-state index contributed by atoms with van der Waals surface area (Å²) < 4.78 is 1.86. The van der Waals surface area contributed by atoms with Crippen LogP contribution < -0.4 is 5.19 Å². The van der Waals surface area contributed by atoms with Crippen LogP contribution in [0.3, 0.4) is 0 Å². The Hall–Kier alpha value is -6.36. The van der Waals surface area contributed by atoms with E-state index in [-0.39, 0.29) is 11.8 Å². The first-order chi connectivity index (χ1) is 26.9. The Morgan fingerprint density at radius 1 is 0.436 bits per heavy atom. The van der Waals surface area contributed by atoms with Crippen LogP contribution in [0.4, 0.5) is 0 Å². The predicted octanol–water partition coefficient (Wildman–Crippen LogP) is 10.0. The highest BCUT2D eigenvalue weighted by atomic mass is 28.3. The summed E-state index contributed by atoms with van der Waals surface area (Å²) in [6.45, 7) is 6.54. The molecule has 3 heterocycles. The van der Waals surface area contributed by atoms with Gasteiger partial charge in [0.1, 0.15) is 0 Å². The first kappa shape index (κ1) is 33.2. The number of hydrogen-bond donors (Lipinski definition) is 0. The molecule has 264 valence electrons. The Bertz CT molecular complexity index is 2550. The van der Waals surface area contributed by atoms with Gasteiger partial charge in [-0.1, -0.05) is 175 Å². The van der Waals surface area contributed by atoms with Gasteiger partial charge < -0.3 is 0 Å². The molecule has 2 bridgehead atoms. The molecule has 4 heteroatoms. The number of amides is 2. The maximum atomic E-state index is 15.9. The third kappa shape index (κ3) is 3.99. The smallest absolute Gasteiger partial charge is 0.253 e. The molecular formula is C51H39NO2Si. The molecule has 7 aromatic rings. The van der Waals surface area contributed by atoms with Gasteiger partial charge in [-0.05, 0) is 93.7 Å². The van der Waals surface area contributed by atoms with Gasteiger partial charge >= 0.3 is 0 Å². The highest BCUT2D eigenvalue weighted by Crippen LogP contribution is 2.76. The molecular weight excluding hydrogens is 687 g/mol. The number of benzene rings is 7. The van der Waals surface area contributed by atoms with E-state index in [0.717, 1.165) is 66.4 Å². The molecule has 0 aliphatic carbocycles. The number of rotatable bonds is 6. The topological polar surface area (TPSA) is 37.4 Å². The van der Waals surface area contributed by atoms with Gasteiger partial charge in [-0.15, -0.1) is 0 Å². The van der Waals surface area contributed by atoms with Crippen LogP contribution in [-0.4, -0.2) is 24.6 Å². The lowest BCUT2D eigenvalue weighted by Gasteiger charge is -2.54. The van der Waals surface area contributed by atoms with Crippen molar-refractivity contribution in [3.8, 4) is 0 Å². The Morgan fingerprint density at radius 2 is 0.782 bits per heavy atom. The fraction of sp³-hybridized carbons (Fsp3) is 0.0980. The second kappa shape index (κ2) is 12.1. The zero-order valence-electron chi connectivity index (χ0n) is 31.1. The van der Waals surface area contributed by atoms with E-state index in [1.807, 2.05) is 28.8 Å². The predicted molar refractivity (Wildman–Crippen MR) is 224 cm³/mol. The minimum Gasteiger partial charge on any atom is -0.296 e. The van der Waals surface area contributed by atoms with Gasteiger partial charge in [0.2, 0.25) is 8.24 Å². The summed E-state index contributed by atoms with van der Waals surface area (Å²) in [5.74, 6) is -0.441. The first-order valence-corrected chi connectivity index (χ1v) is 21.0. The van der Waals surface area contributed by atoms with Crippen molar-refractivity contribution in [2.24, 2.45) is 0 Å². The zero-order valence-corrected chi connectivity index (χ0v) is 32.1. The molecule has 3 atom stereocenters. The minimum absolute atomic E-state index is 0.221. The lowest BCUT2D eigenvalue weighted by atomic mass is 9.65. The third-order valence-corrected chi connectivity index (χ3v) is 18.9.